The average molecular weight is 329 g/mol. The fourth-order valence-corrected chi connectivity index (χ4v) is 3.39. The van der Waals surface area contributed by atoms with Crippen LogP contribution in [0.4, 0.5) is 10.5 Å². The monoisotopic (exact) mass is 329 g/mol. The zero-order valence-corrected chi connectivity index (χ0v) is 13.6. The summed E-state index contributed by atoms with van der Waals surface area (Å²) >= 11 is 3.24. The molecule has 4 nitrogen and oxygen atoms in total. The highest BCUT2D eigenvalue weighted by molar-refractivity contribution is 7.13. The fourth-order valence-electron chi connectivity index (χ4n) is 1.94. The smallest absolute Gasteiger partial charge is 0.319 e. The number of thiazole rings is 1. The number of hydrogen-bond donors (Lipinski definition) is 2. The zero-order chi connectivity index (χ0) is 15.4. The summed E-state index contributed by atoms with van der Waals surface area (Å²) < 4.78 is 0. The van der Waals surface area contributed by atoms with Crippen molar-refractivity contribution >= 4 is 34.4 Å². The highest BCUT2D eigenvalue weighted by Crippen LogP contribution is 2.24. The van der Waals surface area contributed by atoms with E-state index in [1.807, 2.05) is 54.1 Å². The second kappa shape index (κ2) is 6.72. The molecule has 1 aromatic carbocycles. The van der Waals surface area contributed by atoms with Gasteiger partial charge >= 0.3 is 6.03 Å². The van der Waals surface area contributed by atoms with E-state index < -0.39 is 0 Å². The molecule has 0 fully saturated rings. The molecule has 0 bridgehead atoms. The van der Waals surface area contributed by atoms with Crippen LogP contribution < -0.4 is 10.6 Å². The first kappa shape index (κ1) is 14.7. The number of nitrogens with one attached hydrogen (secondary N) is 2. The van der Waals surface area contributed by atoms with Gasteiger partial charge in [-0.15, -0.1) is 22.7 Å². The van der Waals surface area contributed by atoms with Crippen LogP contribution in [0.15, 0.2) is 47.2 Å². The molecule has 3 rings (SSSR count). The molecule has 2 aromatic heterocycles. The number of thiophene rings is 1. The molecule has 0 spiro atoms. The van der Waals surface area contributed by atoms with Crippen molar-refractivity contribution in [2.75, 3.05) is 5.32 Å². The second-order valence-electron chi connectivity index (χ2n) is 4.76. The molecule has 112 valence electrons. The Morgan fingerprint density at radius 1 is 1.18 bits per heavy atom. The van der Waals surface area contributed by atoms with Gasteiger partial charge in [0.15, 0.2) is 0 Å². The summed E-state index contributed by atoms with van der Waals surface area (Å²) in [6.07, 6.45) is 0. The number of urea groups is 1. The summed E-state index contributed by atoms with van der Waals surface area (Å²) in [5, 5.41) is 10.7. The van der Waals surface area contributed by atoms with Crippen LogP contribution in [0.25, 0.3) is 10.6 Å². The van der Waals surface area contributed by atoms with Crippen molar-refractivity contribution < 1.29 is 4.79 Å². The number of aryl methyl sites for hydroxylation is 1. The van der Waals surface area contributed by atoms with E-state index in [9.17, 15) is 4.79 Å². The number of nitrogens with zero attached hydrogens (tertiary/aromatic N) is 1. The molecule has 0 saturated carbocycles. The minimum atomic E-state index is -0.203. The van der Waals surface area contributed by atoms with Gasteiger partial charge < -0.3 is 10.6 Å². The number of carbonyl (C=O) groups excluding carboxylic acids is 1. The summed E-state index contributed by atoms with van der Waals surface area (Å²) in [6, 6.07) is 11.5. The molecule has 0 aliphatic rings. The van der Waals surface area contributed by atoms with Gasteiger partial charge in [-0.25, -0.2) is 9.78 Å². The standard InChI is InChI=1S/C16H15N3OS2/c1-11-10-22-15(18-11)12-4-6-13(7-5-12)19-16(20)17-9-14-3-2-8-21-14/h2-8,10H,9H2,1H3,(H2,17,19,20). The van der Waals surface area contributed by atoms with Crippen molar-refractivity contribution in [3.8, 4) is 10.6 Å². The molecule has 0 atom stereocenters. The fraction of sp³-hybridized carbons (Fsp3) is 0.125. The first-order chi connectivity index (χ1) is 10.7. The van der Waals surface area contributed by atoms with Crippen LogP contribution in [0, 0.1) is 6.92 Å². The number of amides is 2. The zero-order valence-electron chi connectivity index (χ0n) is 12.0. The number of carbonyl (C=O) groups is 1. The lowest BCUT2D eigenvalue weighted by Crippen LogP contribution is -2.27. The highest BCUT2D eigenvalue weighted by atomic mass is 32.1. The molecule has 2 heterocycles. The van der Waals surface area contributed by atoms with Crippen molar-refractivity contribution in [3.63, 3.8) is 0 Å². The van der Waals surface area contributed by atoms with E-state index in [1.54, 1.807) is 22.7 Å². The van der Waals surface area contributed by atoms with Crippen LogP contribution in [0.1, 0.15) is 10.6 Å². The largest absolute Gasteiger partial charge is 0.333 e. The molecule has 0 aliphatic carbocycles. The maximum Gasteiger partial charge on any atom is 0.319 e. The minimum Gasteiger partial charge on any atom is -0.333 e. The van der Waals surface area contributed by atoms with E-state index in [0.29, 0.717) is 6.54 Å². The van der Waals surface area contributed by atoms with Gasteiger partial charge in [0.1, 0.15) is 5.01 Å². The lowest BCUT2D eigenvalue weighted by atomic mass is 10.2. The summed E-state index contributed by atoms with van der Waals surface area (Å²) in [6.45, 7) is 2.52. The van der Waals surface area contributed by atoms with Crippen LogP contribution in [0.2, 0.25) is 0 Å². The molecule has 0 unspecified atom stereocenters. The average Bonchev–Trinajstić information content (AvgIpc) is 3.17. The third kappa shape index (κ3) is 3.72. The summed E-state index contributed by atoms with van der Waals surface area (Å²) in [5.74, 6) is 0. The van der Waals surface area contributed by atoms with Gasteiger partial charge in [0.2, 0.25) is 0 Å². The van der Waals surface area contributed by atoms with E-state index in [1.165, 1.54) is 0 Å². The SMILES string of the molecule is Cc1csc(-c2ccc(NC(=O)NCc3cccs3)cc2)n1. The Bertz CT molecular complexity index is 748. The Morgan fingerprint density at radius 2 is 2.00 bits per heavy atom. The van der Waals surface area contributed by atoms with Crippen LogP contribution in [0.5, 0.6) is 0 Å². The lowest BCUT2D eigenvalue weighted by Gasteiger charge is -2.07. The third-order valence-corrected chi connectivity index (χ3v) is 4.90. The highest BCUT2D eigenvalue weighted by Gasteiger charge is 2.05. The molecule has 2 amide bonds. The Morgan fingerprint density at radius 3 is 2.64 bits per heavy atom. The van der Waals surface area contributed by atoms with Gasteiger partial charge in [-0.05, 0) is 42.6 Å². The normalized spacial score (nSPS) is 10.4. The van der Waals surface area contributed by atoms with Crippen LogP contribution in [-0.2, 0) is 6.54 Å². The quantitative estimate of drug-likeness (QED) is 0.740. The van der Waals surface area contributed by atoms with Gasteiger partial charge in [-0.2, -0.15) is 0 Å². The maximum absolute atomic E-state index is 11.8. The van der Waals surface area contributed by atoms with Gasteiger partial charge in [-0.1, -0.05) is 6.07 Å². The lowest BCUT2D eigenvalue weighted by molar-refractivity contribution is 0.252. The van der Waals surface area contributed by atoms with Crippen molar-refractivity contribution in [1.82, 2.24) is 10.3 Å². The molecule has 3 aromatic rings. The number of rotatable bonds is 4. The van der Waals surface area contributed by atoms with Crippen molar-refractivity contribution in [2.24, 2.45) is 0 Å². The predicted molar refractivity (Wildman–Crippen MR) is 92.5 cm³/mol. The molecular formula is C16H15N3OS2. The molecule has 22 heavy (non-hydrogen) atoms. The number of anilines is 1. The molecule has 0 saturated heterocycles. The Labute approximate surface area is 136 Å². The van der Waals surface area contributed by atoms with Crippen molar-refractivity contribution in [2.45, 2.75) is 13.5 Å². The predicted octanol–water partition coefficient (Wildman–Crippen LogP) is 4.50. The first-order valence-electron chi connectivity index (χ1n) is 6.80. The Kier molecular flexibility index (Phi) is 4.50. The molecular weight excluding hydrogens is 314 g/mol. The second-order valence-corrected chi connectivity index (χ2v) is 6.65. The van der Waals surface area contributed by atoms with Crippen LogP contribution in [0.3, 0.4) is 0 Å². The van der Waals surface area contributed by atoms with Crippen LogP contribution >= 0.6 is 22.7 Å². The molecule has 6 heteroatoms. The van der Waals surface area contributed by atoms with Crippen molar-refractivity contribution in [1.29, 1.82) is 0 Å². The minimum absolute atomic E-state index is 0.203. The van der Waals surface area contributed by atoms with E-state index in [4.69, 9.17) is 0 Å². The topological polar surface area (TPSA) is 54.0 Å². The summed E-state index contributed by atoms with van der Waals surface area (Å²) in [5.41, 5.74) is 2.85. The van der Waals surface area contributed by atoms with E-state index in [-0.39, 0.29) is 6.03 Å². The molecule has 0 aliphatic heterocycles. The van der Waals surface area contributed by atoms with Crippen LogP contribution in [-0.4, -0.2) is 11.0 Å². The van der Waals surface area contributed by atoms with E-state index in [2.05, 4.69) is 15.6 Å². The van der Waals surface area contributed by atoms with E-state index >= 15 is 0 Å². The van der Waals surface area contributed by atoms with Gasteiger partial charge in [0.25, 0.3) is 0 Å². The number of benzene rings is 1. The number of hydrogen-bond acceptors (Lipinski definition) is 4. The van der Waals surface area contributed by atoms with Gasteiger partial charge in [-0.3, -0.25) is 0 Å². The van der Waals surface area contributed by atoms with Gasteiger partial charge in [0.05, 0.1) is 6.54 Å². The van der Waals surface area contributed by atoms with E-state index in [0.717, 1.165) is 26.8 Å². The maximum atomic E-state index is 11.8. The van der Waals surface area contributed by atoms with Crippen molar-refractivity contribution in [3.05, 3.63) is 57.7 Å². The summed E-state index contributed by atoms with van der Waals surface area (Å²) in [7, 11) is 0. The third-order valence-electron chi connectivity index (χ3n) is 3.01. The Hall–Kier alpha value is -2.18. The molecule has 0 radical (unpaired) electrons. The Balaban J connectivity index is 1.57. The molecule has 2 N–H and O–H groups in total. The number of aromatic nitrogens is 1. The van der Waals surface area contributed by atoms with Gasteiger partial charge in [0, 0.05) is 27.2 Å². The first-order valence-corrected chi connectivity index (χ1v) is 8.56. The summed E-state index contributed by atoms with van der Waals surface area (Å²) in [4.78, 5) is 17.4.